The zero-order chi connectivity index (χ0) is 20.5. The van der Waals surface area contributed by atoms with Crippen molar-refractivity contribution in [3.63, 3.8) is 0 Å². The van der Waals surface area contributed by atoms with E-state index in [4.69, 9.17) is 0 Å². The molecule has 0 spiro atoms. The van der Waals surface area contributed by atoms with Crippen LogP contribution in [-0.2, 0) is 22.6 Å². The predicted octanol–water partition coefficient (Wildman–Crippen LogP) is 4.88. The Balaban J connectivity index is 2.00. The third-order valence-electron chi connectivity index (χ3n) is 5.28. The van der Waals surface area contributed by atoms with Gasteiger partial charge in [-0.1, -0.05) is 43.5 Å². The molecule has 9 heteroatoms. The zero-order valence-corrected chi connectivity index (χ0v) is 16.6. The zero-order valence-electron chi connectivity index (χ0n) is 15.8. The lowest BCUT2D eigenvalue weighted by Crippen LogP contribution is -2.38. The first-order chi connectivity index (χ1) is 13.1. The molecule has 0 amide bonds. The molecule has 3 rings (SSSR count). The average molecular weight is 416 g/mol. The number of nitrogens with zero attached hydrogens (tertiary/aromatic N) is 2. The maximum Gasteiger partial charge on any atom is 0.452 e. The van der Waals surface area contributed by atoms with Crippen LogP contribution in [0.2, 0.25) is 0 Å². The number of alkyl halides is 3. The van der Waals surface area contributed by atoms with Gasteiger partial charge in [-0.3, -0.25) is 0 Å². The first kappa shape index (κ1) is 20.9. The summed E-state index contributed by atoms with van der Waals surface area (Å²) in [7, 11) is -2.20. The first-order valence-corrected chi connectivity index (χ1v) is 10.7. The minimum Gasteiger partial charge on any atom is -0.351 e. The molecule has 1 aromatic carbocycles. The van der Waals surface area contributed by atoms with Gasteiger partial charge >= 0.3 is 6.18 Å². The number of aromatic nitrogens is 1. The molecule has 1 aromatic heterocycles. The maximum atomic E-state index is 13.3. The van der Waals surface area contributed by atoms with Crippen molar-refractivity contribution in [2.24, 2.45) is 0 Å². The lowest BCUT2D eigenvalue weighted by Gasteiger charge is -2.31. The van der Waals surface area contributed by atoms with Crippen molar-refractivity contribution in [2.75, 3.05) is 7.05 Å². The Labute approximate surface area is 162 Å². The second kappa shape index (κ2) is 7.87. The summed E-state index contributed by atoms with van der Waals surface area (Å²) in [6.45, 7) is 1.84. The Kier molecular flexibility index (Phi) is 5.86. The van der Waals surface area contributed by atoms with Gasteiger partial charge in [-0.25, -0.2) is 8.42 Å². The summed E-state index contributed by atoms with van der Waals surface area (Å²) in [6, 6.07) is 5.30. The summed E-state index contributed by atoms with van der Waals surface area (Å²) in [4.78, 5) is 0.108. The van der Waals surface area contributed by atoms with E-state index in [2.05, 4.69) is 9.68 Å². The van der Waals surface area contributed by atoms with Gasteiger partial charge < -0.3 is 4.52 Å². The molecule has 5 nitrogen and oxygen atoms in total. The van der Waals surface area contributed by atoms with Crippen LogP contribution in [0.15, 0.2) is 33.7 Å². The molecular formula is C19H23F3N2O3S. The number of rotatable bonds is 5. The average Bonchev–Trinajstić information content (AvgIpc) is 3.18. The summed E-state index contributed by atoms with van der Waals surface area (Å²) in [5, 5.41) is 3.46. The van der Waals surface area contributed by atoms with Gasteiger partial charge in [0.05, 0.1) is 4.90 Å². The topological polar surface area (TPSA) is 63.4 Å². The van der Waals surface area contributed by atoms with E-state index in [1.54, 1.807) is 19.2 Å². The van der Waals surface area contributed by atoms with Crippen molar-refractivity contribution in [1.29, 1.82) is 0 Å². The van der Waals surface area contributed by atoms with Crippen LogP contribution in [-0.4, -0.2) is 31.0 Å². The number of benzene rings is 1. The van der Waals surface area contributed by atoms with Crippen LogP contribution in [0, 0.1) is 0 Å². The number of hydrogen-bond donors (Lipinski definition) is 0. The minimum atomic E-state index is -4.65. The fraction of sp³-hybridized carbons (Fsp3) is 0.526. The van der Waals surface area contributed by atoms with Crippen molar-refractivity contribution in [1.82, 2.24) is 9.46 Å². The van der Waals surface area contributed by atoms with Gasteiger partial charge in [0.25, 0.3) is 0 Å². The van der Waals surface area contributed by atoms with Crippen LogP contribution in [0.3, 0.4) is 0 Å². The number of sulfonamides is 1. The molecule has 28 heavy (non-hydrogen) atoms. The third-order valence-corrected chi connectivity index (χ3v) is 7.27. The summed E-state index contributed by atoms with van der Waals surface area (Å²) in [5.41, 5.74) is 0.838. The van der Waals surface area contributed by atoms with E-state index in [-0.39, 0.29) is 22.2 Å². The number of hydrogen-bond acceptors (Lipinski definition) is 4. The molecule has 1 saturated carbocycles. The molecule has 0 radical (unpaired) electrons. The van der Waals surface area contributed by atoms with Crippen LogP contribution in [0.25, 0.3) is 11.3 Å². The molecule has 1 aliphatic carbocycles. The molecule has 1 aliphatic rings. The number of halogens is 3. The highest BCUT2D eigenvalue weighted by Gasteiger charge is 2.36. The van der Waals surface area contributed by atoms with Gasteiger partial charge in [0.1, 0.15) is 5.69 Å². The molecule has 0 atom stereocenters. The molecule has 2 aromatic rings. The Hall–Kier alpha value is -1.87. The van der Waals surface area contributed by atoms with Crippen molar-refractivity contribution >= 4 is 10.0 Å². The van der Waals surface area contributed by atoms with E-state index in [1.807, 2.05) is 6.92 Å². The molecule has 0 N–H and O–H groups in total. The van der Waals surface area contributed by atoms with Gasteiger partial charge in [-0.2, -0.15) is 17.5 Å². The van der Waals surface area contributed by atoms with Crippen molar-refractivity contribution < 1.29 is 26.1 Å². The molecule has 1 fully saturated rings. The molecule has 1 heterocycles. The van der Waals surface area contributed by atoms with Crippen LogP contribution >= 0.6 is 0 Å². The van der Waals surface area contributed by atoms with E-state index < -0.39 is 22.0 Å². The quantitative estimate of drug-likeness (QED) is 0.697. The Bertz CT molecular complexity index is 932. The van der Waals surface area contributed by atoms with Crippen LogP contribution < -0.4 is 0 Å². The van der Waals surface area contributed by atoms with Crippen LogP contribution in [0.4, 0.5) is 13.2 Å². The van der Waals surface area contributed by atoms with E-state index in [1.165, 1.54) is 10.4 Å². The summed E-state index contributed by atoms with van der Waals surface area (Å²) in [6.07, 6.45) is 0.553. The number of aryl methyl sites for hydroxylation is 1. The standard InChI is InChI=1S/C19H23F3N2O3S/c1-3-13-9-10-14(16-12-18(27-23-16)19(20,21)22)11-17(13)28(25,26)24(2)15-7-5-4-6-8-15/h9-12,15H,3-8H2,1-2H3. The minimum absolute atomic E-state index is 0.0493. The second-order valence-corrected chi connectivity index (χ2v) is 9.03. The van der Waals surface area contributed by atoms with E-state index in [0.717, 1.165) is 38.2 Å². The summed E-state index contributed by atoms with van der Waals surface area (Å²) in [5.74, 6) is -1.22. The third kappa shape index (κ3) is 4.10. The Morgan fingerprint density at radius 2 is 1.86 bits per heavy atom. The highest BCUT2D eigenvalue weighted by Crippen LogP contribution is 2.34. The van der Waals surface area contributed by atoms with Crippen molar-refractivity contribution in [3.8, 4) is 11.3 Å². The largest absolute Gasteiger partial charge is 0.452 e. The molecular weight excluding hydrogens is 393 g/mol. The smallest absolute Gasteiger partial charge is 0.351 e. The van der Waals surface area contributed by atoms with Crippen molar-refractivity contribution in [3.05, 3.63) is 35.6 Å². The molecule has 0 bridgehead atoms. The lowest BCUT2D eigenvalue weighted by atomic mass is 9.96. The van der Waals surface area contributed by atoms with Gasteiger partial charge in [0, 0.05) is 24.7 Å². The Morgan fingerprint density at radius 1 is 1.18 bits per heavy atom. The van der Waals surface area contributed by atoms with Gasteiger partial charge in [0.15, 0.2) is 0 Å². The highest BCUT2D eigenvalue weighted by molar-refractivity contribution is 7.89. The fourth-order valence-electron chi connectivity index (χ4n) is 3.59. The molecule has 0 aliphatic heterocycles. The molecule has 0 saturated heterocycles. The second-order valence-electron chi connectivity index (χ2n) is 7.06. The van der Waals surface area contributed by atoms with Gasteiger partial charge in [-0.15, -0.1) is 0 Å². The van der Waals surface area contributed by atoms with E-state index >= 15 is 0 Å². The summed E-state index contributed by atoms with van der Waals surface area (Å²) >= 11 is 0. The summed E-state index contributed by atoms with van der Waals surface area (Å²) < 4.78 is 70.6. The molecule has 0 unspecified atom stereocenters. The first-order valence-electron chi connectivity index (χ1n) is 9.30. The monoisotopic (exact) mass is 416 g/mol. The highest BCUT2D eigenvalue weighted by atomic mass is 32.2. The Morgan fingerprint density at radius 3 is 2.43 bits per heavy atom. The van der Waals surface area contributed by atoms with Gasteiger partial charge in [-0.05, 0) is 30.9 Å². The fourth-order valence-corrected chi connectivity index (χ4v) is 5.32. The van der Waals surface area contributed by atoms with E-state index in [9.17, 15) is 21.6 Å². The normalized spacial score (nSPS) is 16.6. The SMILES string of the molecule is CCc1ccc(-c2cc(C(F)(F)F)on2)cc1S(=O)(=O)N(C)C1CCCCC1. The van der Waals surface area contributed by atoms with Gasteiger partial charge in [0.2, 0.25) is 15.8 Å². The van der Waals surface area contributed by atoms with Crippen LogP contribution in [0.5, 0.6) is 0 Å². The lowest BCUT2D eigenvalue weighted by molar-refractivity contribution is -0.155. The van der Waals surface area contributed by atoms with E-state index in [0.29, 0.717) is 12.0 Å². The molecule has 154 valence electrons. The predicted molar refractivity (Wildman–Crippen MR) is 98.1 cm³/mol. The van der Waals surface area contributed by atoms with Crippen molar-refractivity contribution in [2.45, 2.75) is 62.6 Å². The maximum absolute atomic E-state index is 13.3. The van der Waals surface area contributed by atoms with Crippen LogP contribution in [0.1, 0.15) is 50.4 Å².